The molecule has 0 aliphatic rings. The lowest BCUT2D eigenvalue weighted by atomic mass is 10.1. The van der Waals surface area contributed by atoms with Gasteiger partial charge >= 0.3 is 30.7 Å². The summed E-state index contributed by atoms with van der Waals surface area (Å²) in [4.78, 5) is 11.8. The monoisotopic (exact) mass is 578 g/mol. The zero-order valence-corrected chi connectivity index (χ0v) is 19.0. The molecule has 38 heavy (non-hydrogen) atoms. The molecule has 0 unspecified atom stereocenters. The van der Waals surface area contributed by atoms with Crippen LogP contribution in [0.3, 0.4) is 0 Å². The van der Waals surface area contributed by atoms with Gasteiger partial charge in [-0.2, -0.15) is 52.7 Å². The van der Waals surface area contributed by atoms with E-state index in [0.717, 1.165) is 24.3 Å². The molecule has 3 aromatic rings. The Hall–Kier alpha value is -3.28. The smallest absolute Gasteiger partial charge is 0.416 e. The van der Waals surface area contributed by atoms with Gasteiger partial charge in [-0.05, 0) is 66.3 Å². The maximum Gasteiger partial charge on any atom is 0.416 e. The quantitative estimate of drug-likeness (QED) is 0.262. The van der Waals surface area contributed by atoms with E-state index in [0.29, 0.717) is 0 Å². The molecule has 3 aromatic carbocycles. The van der Waals surface area contributed by atoms with Crippen molar-refractivity contribution in [3.05, 3.63) is 88.5 Å². The number of carboxylic acid groups (broad SMARTS) is 1. The van der Waals surface area contributed by atoms with Crippen LogP contribution in [-0.4, -0.2) is 11.1 Å². The highest BCUT2D eigenvalue weighted by Crippen LogP contribution is 2.43. The summed E-state index contributed by atoms with van der Waals surface area (Å²) in [5.74, 6) is -1.76. The van der Waals surface area contributed by atoms with Gasteiger partial charge in [0.15, 0.2) is 0 Å². The highest BCUT2D eigenvalue weighted by Gasteiger charge is 2.40. The van der Waals surface area contributed by atoms with E-state index in [1.807, 2.05) is 0 Å². The average Bonchev–Trinajstić information content (AvgIpc) is 2.77. The van der Waals surface area contributed by atoms with Gasteiger partial charge in [0, 0.05) is 0 Å². The van der Waals surface area contributed by atoms with Gasteiger partial charge in [-0.1, -0.05) is 18.2 Å². The van der Waals surface area contributed by atoms with Crippen LogP contribution in [0.4, 0.5) is 52.7 Å². The fourth-order valence-corrected chi connectivity index (χ4v) is 5.99. The van der Waals surface area contributed by atoms with Crippen LogP contribution in [0.15, 0.2) is 60.7 Å². The minimum Gasteiger partial charge on any atom is -0.478 e. The number of hydrogen-bond acceptors (Lipinski definition) is 1. The first-order valence-electron chi connectivity index (χ1n) is 9.91. The molecule has 0 spiro atoms. The van der Waals surface area contributed by atoms with Crippen LogP contribution in [0.1, 0.15) is 32.6 Å². The summed E-state index contributed by atoms with van der Waals surface area (Å²) in [5.41, 5.74) is -8.27. The maximum absolute atomic E-state index is 13.5. The molecule has 0 aliphatic heterocycles. The molecule has 0 aliphatic carbocycles. The van der Waals surface area contributed by atoms with Gasteiger partial charge in [0.05, 0.1) is 27.8 Å². The van der Waals surface area contributed by atoms with Crippen molar-refractivity contribution in [1.82, 2.24) is 0 Å². The van der Waals surface area contributed by atoms with Crippen molar-refractivity contribution in [3.8, 4) is 0 Å². The Morgan fingerprint density at radius 3 is 1.16 bits per heavy atom. The van der Waals surface area contributed by atoms with Gasteiger partial charge in [0.2, 0.25) is 0 Å². The summed E-state index contributed by atoms with van der Waals surface area (Å²) < 4.78 is 162. The molecule has 1 N–H and O–H groups in total. The highest BCUT2D eigenvalue weighted by atomic mass is 31.1. The van der Waals surface area contributed by atoms with Crippen molar-refractivity contribution in [2.24, 2.45) is 0 Å². The zero-order valence-electron chi connectivity index (χ0n) is 18.1. The summed E-state index contributed by atoms with van der Waals surface area (Å²) in [6, 6.07) is 4.01. The van der Waals surface area contributed by atoms with Gasteiger partial charge in [0.25, 0.3) is 0 Å². The van der Waals surface area contributed by atoms with Gasteiger partial charge in [-0.25, -0.2) is 4.79 Å². The minimum atomic E-state index is -5.39. The number of aromatic carboxylic acids is 1. The van der Waals surface area contributed by atoms with Crippen LogP contribution in [0.5, 0.6) is 0 Å². The molecular formula is C23H11F12O2P. The molecule has 204 valence electrons. The molecule has 0 bridgehead atoms. The van der Waals surface area contributed by atoms with E-state index in [4.69, 9.17) is 0 Å². The van der Waals surface area contributed by atoms with Gasteiger partial charge in [-0.3, -0.25) is 0 Å². The van der Waals surface area contributed by atoms with Crippen molar-refractivity contribution in [2.45, 2.75) is 24.7 Å². The van der Waals surface area contributed by atoms with Crippen molar-refractivity contribution < 1.29 is 62.6 Å². The first kappa shape index (κ1) is 29.3. The number of halogens is 12. The molecule has 0 fully saturated rings. The van der Waals surface area contributed by atoms with Crippen molar-refractivity contribution in [1.29, 1.82) is 0 Å². The molecule has 2 nitrogen and oxygen atoms in total. The second kappa shape index (κ2) is 9.79. The predicted molar refractivity (Wildman–Crippen MR) is 112 cm³/mol. The normalized spacial score (nSPS) is 13.2. The van der Waals surface area contributed by atoms with Crippen molar-refractivity contribution in [2.75, 3.05) is 0 Å². The van der Waals surface area contributed by atoms with Gasteiger partial charge < -0.3 is 5.11 Å². The molecular weight excluding hydrogens is 567 g/mol. The Morgan fingerprint density at radius 2 is 0.868 bits per heavy atom. The molecule has 0 saturated heterocycles. The number of hydrogen-bond donors (Lipinski definition) is 1. The Kier molecular flexibility index (Phi) is 7.54. The SMILES string of the molecule is O=C(O)c1ccccc1P(c1cc(C(F)(F)F)cc(C(F)(F)F)c1)c1cc(C(F)(F)F)cc(C(F)(F)F)c1. The van der Waals surface area contributed by atoms with Crippen molar-refractivity contribution in [3.63, 3.8) is 0 Å². The van der Waals surface area contributed by atoms with E-state index in [9.17, 15) is 62.6 Å². The Bertz CT molecular complexity index is 1210. The second-order valence-electron chi connectivity index (χ2n) is 7.69. The molecule has 0 radical (unpaired) electrons. The van der Waals surface area contributed by atoms with E-state index < -0.39 is 82.3 Å². The Labute approximate surface area is 206 Å². The van der Waals surface area contributed by atoms with Crippen LogP contribution in [-0.2, 0) is 24.7 Å². The van der Waals surface area contributed by atoms with Gasteiger partial charge in [-0.15, -0.1) is 0 Å². The molecule has 0 amide bonds. The van der Waals surface area contributed by atoms with Gasteiger partial charge in [0.1, 0.15) is 0 Å². The lowest BCUT2D eigenvalue weighted by molar-refractivity contribution is -0.144. The fraction of sp³-hybridized carbons (Fsp3) is 0.174. The largest absolute Gasteiger partial charge is 0.478 e. The van der Waals surface area contributed by atoms with E-state index in [1.165, 1.54) is 0 Å². The molecule has 15 heteroatoms. The zero-order chi connectivity index (χ0) is 28.8. The number of rotatable bonds is 4. The third-order valence-electron chi connectivity index (χ3n) is 5.04. The average molecular weight is 578 g/mol. The van der Waals surface area contributed by atoms with Crippen LogP contribution in [0.25, 0.3) is 0 Å². The molecule has 0 saturated carbocycles. The van der Waals surface area contributed by atoms with E-state index in [-0.39, 0.29) is 36.4 Å². The van der Waals surface area contributed by atoms with Crippen molar-refractivity contribution >= 4 is 29.8 Å². The molecule has 0 atom stereocenters. The Balaban J connectivity index is 2.51. The summed E-state index contributed by atoms with van der Waals surface area (Å²) in [7, 11) is -3.13. The summed E-state index contributed by atoms with van der Waals surface area (Å²) >= 11 is 0. The lowest BCUT2D eigenvalue weighted by Gasteiger charge is -2.25. The van der Waals surface area contributed by atoms with Crippen LogP contribution < -0.4 is 15.9 Å². The predicted octanol–water partition coefficient (Wildman–Crippen LogP) is 7.22. The van der Waals surface area contributed by atoms with Crippen LogP contribution in [0, 0.1) is 0 Å². The third-order valence-corrected chi connectivity index (χ3v) is 7.46. The highest BCUT2D eigenvalue weighted by molar-refractivity contribution is 7.80. The summed E-state index contributed by atoms with van der Waals surface area (Å²) in [6.45, 7) is 0. The topological polar surface area (TPSA) is 37.3 Å². The first-order valence-corrected chi connectivity index (χ1v) is 11.2. The first-order chi connectivity index (χ1) is 17.2. The number of carbonyl (C=O) groups is 1. The Morgan fingerprint density at radius 1 is 0.553 bits per heavy atom. The lowest BCUT2D eigenvalue weighted by Crippen LogP contribution is -2.28. The maximum atomic E-state index is 13.5. The third kappa shape index (κ3) is 6.40. The number of alkyl halides is 12. The molecule has 0 aromatic heterocycles. The molecule has 3 rings (SSSR count). The number of benzene rings is 3. The summed E-state index contributed by atoms with van der Waals surface area (Å²) in [5, 5.41) is 7.02. The van der Waals surface area contributed by atoms with E-state index in [2.05, 4.69) is 0 Å². The number of carboxylic acids is 1. The van der Waals surface area contributed by atoms with Crippen LogP contribution in [0.2, 0.25) is 0 Å². The summed E-state index contributed by atoms with van der Waals surface area (Å²) in [6.07, 6.45) is -21.6. The minimum absolute atomic E-state index is 0.146. The van der Waals surface area contributed by atoms with E-state index in [1.54, 1.807) is 0 Å². The van der Waals surface area contributed by atoms with E-state index >= 15 is 0 Å². The fourth-order valence-electron chi connectivity index (χ4n) is 3.41. The molecule has 0 heterocycles. The van der Waals surface area contributed by atoms with Crippen LogP contribution >= 0.6 is 7.92 Å². The standard InChI is InChI=1S/C23H11F12O2P/c24-20(25,26)11-5-12(21(27,28)29)8-15(7-11)38(18-4-2-1-3-17(18)19(36)37)16-9-13(22(30,31)32)6-14(10-16)23(33,34)35/h1-10H,(H,36,37). The second-order valence-corrected chi connectivity index (χ2v) is 9.87.